The third-order valence-electron chi connectivity index (χ3n) is 4.12. The number of carbonyl (C=O) groups excluding carboxylic acids is 1. The number of hydrogen-bond donors (Lipinski definition) is 2. The number of amides is 1. The first kappa shape index (κ1) is 16.1. The Kier molecular flexibility index (Phi) is 4.27. The van der Waals surface area contributed by atoms with E-state index in [1.807, 2.05) is 30.5 Å². The van der Waals surface area contributed by atoms with Crippen LogP contribution in [-0.2, 0) is 4.79 Å². The lowest BCUT2D eigenvalue weighted by Gasteiger charge is -2.10. The molecule has 1 saturated carbocycles. The van der Waals surface area contributed by atoms with E-state index in [2.05, 4.69) is 20.6 Å². The summed E-state index contributed by atoms with van der Waals surface area (Å²) in [6.07, 6.45) is 8.74. The molecule has 1 fully saturated rings. The number of benzene rings is 1. The fraction of sp³-hybridized carbons (Fsp3) is 0.211. The zero-order chi connectivity index (χ0) is 17.9. The summed E-state index contributed by atoms with van der Waals surface area (Å²) in [4.78, 5) is 10.6. The second-order valence-corrected chi connectivity index (χ2v) is 6.11. The smallest absolute Gasteiger partial charge is 0.212 e. The van der Waals surface area contributed by atoms with Crippen LogP contribution >= 0.6 is 0 Å². The Hall–Kier alpha value is -3.35. The van der Waals surface area contributed by atoms with Crippen molar-refractivity contribution in [2.75, 3.05) is 12.4 Å². The summed E-state index contributed by atoms with van der Waals surface area (Å²) in [6.45, 7) is 0. The average molecular weight is 349 g/mol. The number of anilines is 1. The Morgan fingerprint density at radius 2 is 2.08 bits per heavy atom. The number of hydrogen-bond acceptors (Lipinski definition) is 4. The lowest BCUT2D eigenvalue weighted by atomic mass is 10.0. The molecule has 0 saturated heterocycles. The minimum absolute atomic E-state index is 0.505. The van der Waals surface area contributed by atoms with Crippen LogP contribution in [0.25, 0.3) is 27.5 Å². The van der Waals surface area contributed by atoms with E-state index in [-0.39, 0.29) is 0 Å². The van der Waals surface area contributed by atoms with Crippen LogP contribution in [0.4, 0.5) is 5.82 Å². The Morgan fingerprint density at radius 3 is 2.81 bits per heavy atom. The molecule has 7 heteroatoms. The van der Waals surface area contributed by atoms with Gasteiger partial charge in [-0.05, 0) is 29.8 Å². The van der Waals surface area contributed by atoms with Crippen molar-refractivity contribution in [3.8, 4) is 16.9 Å². The summed E-state index contributed by atoms with van der Waals surface area (Å²) in [5.74, 6) is 1.28. The van der Waals surface area contributed by atoms with Gasteiger partial charge in [0.2, 0.25) is 6.41 Å². The van der Waals surface area contributed by atoms with Crippen LogP contribution < -0.4 is 10.1 Å². The maximum Gasteiger partial charge on any atom is 0.212 e. The van der Waals surface area contributed by atoms with Gasteiger partial charge in [-0.1, -0.05) is 19.3 Å². The maximum absolute atomic E-state index is 10.6. The molecule has 0 bridgehead atoms. The second kappa shape index (κ2) is 6.87. The molecule has 1 amide bonds. The normalized spacial score (nSPS) is 12.5. The predicted molar refractivity (Wildman–Crippen MR) is 100 cm³/mol. The van der Waals surface area contributed by atoms with Crippen molar-refractivity contribution in [3.63, 3.8) is 0 Å². The first-order valence-corrected chi connectivity index (χ1v) is 8.50. The Bertz CT molecular complexity index is 1060. The van der Waals surface area contributed by atoms with Crippen molar-refractivity contribution in [1.82, 2.24) is 19.8 Å². The molecule has 0 atom stereocenters. The molecular weight excluding hydrogens is 330 g/mol. The van der Waals surface area contributed by atoms with E-state index in [4.69, 9.17) is 4.74 Å². The van der Waals surface area contributed by atoms with Crippen molar-refractivity contribution in [1.29, 1.82) is 0 Å². The number of aromatic amines is 1. The number of carbonyl (C=O) groups is 1. The molecule has 132 valence electrons. The van der Waals surface area contributed by atoms with E-state index < -0.39 is 0 Å². The van der Waals surface area contributed by atoms with Gasteiger partial charge in [-0.15, -0.1) is 0 Å². The van der Waals surface area contributed by atoms with Gasteiger partial charge in [-0.3, -0.25) is 9.89 Å². The number of fused-ring (bicyclic) bond motifs is 2. The van der Waals surface area contributed by atoms with E-state index in [1.165, 1.54) is 19.3 Å². The first-order chi connectivity index (χ1) is 12.8. The van der Waals surface area contributed by atoms with Crippen LogP contribution in [0, 0.1) is 0 Å². The fourth-order valence-electron chi connectivity index (χ4n) is 2.75. The summed E-state index contributed by atoms with van der Waals surface area (Å²) in [6, 6.07) is 9.60. The number of pyridine rings is 1. The Balaban J connectivity index is 0.000000510. The number of ether oxygens (including phenoxy) is 1. The molecular formula is C19H19N5O2. The lowest BCUT2D eigenvalue weighted by molar-refractivity contribution is -0.105. The molecule has 2 N–H and O–H groups in total. The molecule has 3 aromatic heterocycles. The van der Waals surface area contributed by atoms with Gasteiger partial charge in [-0.25, -0.2) is 4.52 Å². The molecule has 0 radical (unpaired) electrons. The van der Waals surface area contributed by atoms with Crippen molar-refractivity contribution in [2.45, 2.75) is 19.3 Å². The summed E-state index contributed by atoms with van der Waals surface area (Å²) < 4.78 is 7.22. The van der Waals surface area contributed by atoms with E-state index in [0.29, 0.717) is 12.2 Å². The summed E-state index contributed by atoms with van der Waals surface area (Å²) >= 11 is 0. The highest BCUT2D eigenvalue weighted by Crippen LogP contribution is 2.36. The number of nitrogens with one attached hydrogen (secondary N) is 2. The number of methoxy groups -OCH3 is 1. The monoisotopic (exact) mass is 349 g/mol. The van der Waals surface area contributed by atoms with Crippen molar-refractivity contribution >= 4 is 28.6 Å². The third kappa shape index (κ3) is 3.11. The molecule has 1 aliphatic carbocycles. The van der Waals surface area contributed by atoms with Gasteiger partial charge in [0.1, 0.15) is 5.75 Å². The molecule has 1 aromatic carbocycles. The minimum atomic E-state index is 0.505. The standard InChI is InChI=1S/C16H13N5O2.C3H6/c1-23-14-3-2-13-12(8-18-19-13)16(14)10-4-5-21-11(6-10)7-15(20-21)17-9-22;1-2-3-1/h2-9H,1H3,(H,18,19)(H,17,20,22);1-3H2. The topological polar surface area (TPSA) is 84.3 Å². The van der Waals surface area contributed by atoms with Gasteiger partial charge in [0, 0.05) is 23.2 Å². The number of H-pyrrole nitrogens is 1. The quantitative estimate of drug-likeness (QED) is 0.551. The Morgan fingerprint density at radius 1 is 1.23 bits per heavy atom. The van der Waals surface area contributed by atoms with Crippen LogP contribution in [0.1, 0.15) is 19.3 Å². The predicted octanol–water partition coefficient (Wildman–Crippen LogP) is 3.62. The van der Waals surface area contributed by atoms with E-state index in [1.54, 1.807) is 23.9 Å². The maximum atomic E-state index is 10.6. The van der Waals surface area contributed by atoms with E-state index in [0.717, 1.165) is 33.3 Å². The van der Waals surface area contributed by atoms with Crippen LogP contribution in [0.2, 0.25) is 0 Å². The SMILES string of the molecule is C1CC1.COc1ccc2[nH]ncc2c1-c1ccn2nc(NC=O)cc2c1. The van der Waals surface area contributed by atoms with Gasteiger partial charge in [-0.2, -0.15) is 10.2 Å². The number of rotatable bonds is 4. The first-order valence-electron chi connectivity index (χ1n) is 8.50. The third-order valence-corrected chi connectivity index (χ3v) is 4.12. The number of aromatic nitrogens is 4. The summed E-state index contributed by atoms with van der Waals surface area (Å²) in [7, 11) is 1.65. The number of nitrogens with zero attached hydrogens (tertiary/aromatic N) is 3. The highest BCUT2D eigenvalue weighted by atomic mass is 16.5. The van der Waals surface area contributed by atoms with Crippen molar-refractivity contribution in [3.05, 3.63) is 42.7 Å². The van der Waals surface area contributed by atoms with Crippen molar-refractivity contribution in [2.24, 2.45) is 0 Å². The highest BCUT2D eigenvalue weighted by Gasteiger charge is 2.13. The zero-order valence-electron chi connectivity index (χ0n) is 14.4. The summed E-state index contributed by atoms with van der Waals surface area (Å²) in [5, 5.41) is 14.9. The van der Waals surface area contributed by atoms with Gasteiger partial charge in [0.05, 0.1) is 24.3 Å². The van der Waals surface area contributed by atoms with Gasteiger partial charge < -0.3 is 10.1 Å². The zero-order valence-corrected chi connectivity index (χ0v) is 14.4. The highest BCUT2D eigenvalue weighted by molar-refractivity contribution is 5.98. The van der Waals surface area contributed by atoms with Crippen LogP contribution in [-0.4, -0.2) is 33.3 Å². The van der Waals surface area contributed by atoms with Gasteiger partial charge in [0.15, 0.2) is 5.82 Å². The molecule has 3 heterocycles. The largest absolute Gasteiger partial charge is 0.496 e. The molecule has 7 nitrogen and oxygen atoms in total. The van der Waals surface area contributed by atoms with Gasteiger partial charge in [0.25, 0.3) is 0 Å². The molecule has 0 spiro atoms. The second-order valence-electron chi connectivity index (χ2n) is 6.11. The molecule has 4 aromatic rings. The van der Waals surface area contributed by atoms with Crippen molar-refractivity contribution < 1.29 is 9.53 Å². The van der Waals surface area contributed by atoms with Gasteiger partial charge >= 0.3 is 0 Å². The van der Waals surface area contributed by atoms with Crippen LogP contribution in [0.5, 0.6) is 5.75 Å². The van der Waals surface area contributed by atoms with Crippen LogP contribution in [0.3, 0.4) is 0 Å². The Labute approximate surface area is 150 Å². The van der Waals surface area contributed by atoms with Crippen LogP contribution in [0.15, 0.2) is 42.7 Å². The molecule has 0 unspecified atom stereocenters. The molecule has 1 aliphatic rings. The van der Waals surface area contributed by atoms with E-state index >= 15 is 0 Å². The average Bonchev–Trinajstić information content (AvgIpc) is 3.37. The minimum Gasteiger partial charge on any atom is -0.496 e. The van der Waals surface area contributed by atoms with E-state index in [9.17, 15) is 4.79 Å². The lowest BCUT2D eigenvalue weighted by Crippen LogP contribution is -1.94. The fourth-order valence-corrected chi connectivity index (χ4v) is 2.75. The molecule has 0 aliphatic heterocycles. The summed E-state index contributed by atoms with van der Waals surface area (Å²) in [5.41, 5.74) is 3.76. The molecule has 5 rings (SSSR count). The molecule has 26 heavy (non-hydrogen) atoms.